The molecule has 23 heavy (non-hydrogen) atoms. The minimum Gasteiger partial charge on any atom is -0.493 e. The fourth-order valence-corrected chi connectivity index (χ4v) is 2.57. The maximum atomic E-state index is 12.2. The molecular formula is C17H16ClN3O2. The van der Waals surface area contributed by atoms with Crippen molar-refractivity contribution in [3.8, 4) is 5.75 Å². The van der Waals surface area contributed by atoms with Gasteiger partial charge >= 0.3 is 0 Å². The number of carbonyl (C=O) groups is 1. The molecule has 0 fully saturated rings. The lowest BCUT2D eigenvalue weighted by molar-refractivity contribution is 0.0880. The average Bonchev–Trinajstić information content (AvgIpc) is 2.97. The van der Waals surface area contributed by atoms with Crippen molar-refractivity contribution in [3.05, 3.63) is 53.1 Å². The maximum Gasteiger partial charge on any atom is 0.248 e. The van der Waals surface area contributed by atoms with E-state index in [1.54, 1.807) is 6.07 Å². The third-order valence-corrected chi connectivity index (χ3v) is 3.75. The fourth-order valence-electron chi connectivity index (χ4n) is 2.34. The number of para-hydroxylation sites is 1. The number of carbonyl (C=O) groups excluding carboxylic acids is 1. The normalized spacial score (nSPS) is 10.9. The van der Waals surface area contributed by atoms with Crippen LogP contribution in [0, 0.1) is 6.92 Å². The molecule has 0 bridgehead atoms. The van der Waals surface area contributed by atoms with E-state index in [4.69, 9.17) is 16.3 Å². The number of rotatable bonds is 5. The lowest BCUT2D eigenvalue weighted by Crippen LogP contribution is -2.13. The van der Waals surface area contributed by atoms with Gasteiger partial charge in [0.2, 0.25) is 5.91 Å². The Balaban J connectivity index is 1.55. The fraction of sp³-hybridized carbons (Fsp3) is 0.235. The van der Waals surface area contributed by atoms with Crippen LogP contribution in [0.1, 0.15) is 23.2 Å². The van der Waals surface area contributed by atoms with Crippen molar-refractivity contribution >= 4 is 28.5 Å². The van der Waals surface area contributed by atoms with Gasteiger partial charge in [-0.25, -0.2) is 0 Å². The summed E-state index contributed by atoms with van der Waals surface area (Å²) in [5.74, 6) is 0.697. The van der Waals surface area contributed by atoms with Crippen LogP contribution in [-0.4, -0.2) is 27.5 Å². The van der Waals surface area contributed by atoms with Gasteiger partial charge in [0.1, 0.15) is 11.3 Å². The van der Waals surface area contributed by atoms with Gasteiger partial charge in [-0.2, -0.15) is 4.68 Å². The van der Waals surface area contributed by atoms with Crippen molar-refractivity contribution in [2.45, 2.75) is 19.8 Å². The smallest absolute Gasteiger partial charge is 0.248 e. The van der Waals surface area contributed by atoms with Gasteiger partial charge in [0.15, 0.2) is 0 Å². The van der Waals surface area contributed by atoms with Gasteiger partial charge in [0.25, 0.3) is 0 Å². The number of aromatic nitrogens is 3. The Morgan fingerprint density at radius 1 is 1.26 bits per heavy atom. The standard InChI is InChI=1S/C17H16ClN3O2/c1-12-11-13(18)8-9-16(12)23-10-4-7-17(22)21-15-6-3-2-5-14(15)19-20-21/h2-3,5-6,8-9,11H,4,7,10H2,1H3. The van der Waals surface area contributed by atoms with Crippen molar-refractivity contribution in [1.82, 2.24) is 15.0 Å². The van der Waals surface area contributed by atoms with Crippen molar-refractivity contribution in [3.63, 3.8) is 0 Å². The first-order valence-corrected chi connectivity index (χ1v) is 7.75. The van der Waals surface area contributed by atoms with E-state index in [1.165, 1.54) is 4.68 Å². The molecule has 0 spiro atoms. The topological polar surface area (TPSA) is 57.0 Å². The summed E-state index contributed by atoms with van der Waals surface area (Å²) < 4.78 is 7.04. The first kappa shape index (κ1) is 15.5. The second-order valence-corrected chi connectivity index (χ2v) is 5.68. The Bertz CT molecular complexity index is 845. The van der Waals surface area contributed by atoms with Crippen molar-refractivity contribution < 1.29 is 9.53 Å². The van der Waals surface area contributed by atoms with Gasteiger partial charge in [-0.05, 0) is 49.2 Å². The molecule has 0 amide bonds. The molecule has 6 heteroatoms. The largest absolute Gasteiger partial charge is 0.493 e. The van der Waals surface area contributed by atoms with Gasteiger partial charge in [0, 0.05) is 11.4 Å². The van der Waals surface area contributed by atoms with Crippen LogP contribution in [0.15, 0.2) is 42.5 Å². The Morgan fingerprint density at radius 3 is 2.91 bits per heavy atom. The Kier molecular flexibility index (Phi) is 4.57. The summed E-state index contributed by atoms with van der Waals surface area (Å²) in [6.07, 6.45) is 0.953. The van der Waals surface area contributed by atoms with E-state index in [2.05, 4.69) is 10.3 Å². The number of hydrogen-bond acceptors (Lipinski definition) is 4. The SMILES string of the molecule is Cc1cc(Cl)ccc1OCCCC(=O)n1nnc2ccccc21. The zero-order valence-electron chi connectivity index (χ0n) is 12.7. The summed E-state index contributed by atoms with van der Waals surface area (Å²) in [5, 5.41) is 8.58. The highest BCUT2D eigenvalue weighted by Crippen LogP contribution is 2.22. The van der Waals surface area contributed by atoms with Crippen molar-refractivity contribution in [1.29, 1.82) is 0 Å². The van der Waals surface area contributed by atoms with Crippen LogP contribution in [0.3, 0.4) is 0 Å². The molecule has 1 heterocycles. The van der Waals surface area contributed by atoms with Crippen LogP contribution < -0.4 is 4.74 Å². The summed E-state index contributed by atoms with van der Waals surface area (Å²) >= 11 is 5.91. The van der Waals surface area contributed by atoms with Crippen molar-refractivity contribution in [2.75, 3.05) is 6.61 Å². The molecule has 5 nitrogen and oxygen atoms in total. The first-order valence-electron chi connectivity index (χ1n) is 7.38. The van der Waals surface area contributed by atoms with E-state index in [1.807, 2.05) is 43.3 Å². The summed E-state index contributed by atoms with van der Waals surface area (Å²) in [7, 11) is 0. The molecule has 0 aliphatic heterocycles. The molecule has 3 aromatic rings. The summed E-state index contributed by atoms with van der Waals surface area (Å²) in [6.45, 7) is 2.40. The van der Waals surface area contributed by atoms with E-state index >= 15 is 0 Å². The van der Waals surface area contributed by atoms with E-state index in [0.29, 0.717) is 30.0 Å². The number of benzene rings is 2. The second kappa shape index (κ2) is 6.79. The van der Waals surface area contributed by atoms with Gasteiger partial charge in [-0.1, -0.05) is 28.9 Å². The third-order valence-electron chi connectivity index (χ3n) is 3.52. The Hall–Kier alpha value is -2.40. The first-order chi connectivity index (χ1) is 11.1. The molecule has 3 rings (SSSR count). The van der Waals surface area contributed by atoms with Gasteiger partial charge in [-0.15, -0.1) is 5.10 Å². The molecule has 0 unspecified atom stereocenters. The van der Waals surface area contributed by atoms with Crippen LogP contribution in [0.2, 0.25) is 5.02 Å². The van der Waals surface area contributed by atoms with E-state index in [9.17, 15) is 4.79 Å². The van der Waals surface area contributed by atoms with Crippen LogP contribution in [0.5, 0.6) is 5.75 Å². The van der Waals surface area contributed by atoms with Crippen LogP contribution in [0.4, 0.5) is 0 Å². The van der Waals surface area contributed by atoms with Gasteiger partial charge < -0.3 is 4.74 Å². The van der Waals surface area contributed by atoms with Crippen LogP contribution in [-0.2, 0) is 0 Å². The van der Waals surface area contributed by atoms with E-state index in [-0.39, 0.29) is 5.91 Å². The Morgan fingerprint density at radius 2 is 2.09 bits per heavy atom. The molecule has 0 N–H and O–H groups in total. The molecule has 0 aliphatic rings. The van der Waals surface area contributed by atoms with Crippen molar-refractivity contribution in [2.24, 2.45) is 0 Å². The third kappa shape index (κ3) is 3.51. The number of fused-ring (bicyclic) bond motifs is 1. The number of ether oxygens (including phenoxy) is 1. The Labute approximate surface area is 138 Å². The van der Waals surface area contributed by atoms with E-state index in [0.717, 1.165) is 16.8 Å². The minimum atomic E-state index is -0.0878. The summed E-state index contributed by atoms with van der Waals surface area (Å²) in [6, 6.07) is 12.9. The highest BCUT2D eigenvalue weighted by Gasteiger charge is 2.11. The second-order valence-electron chi connectivity index (χ2n) is 5.25. The summed E-state index contributed by atoms with van der Waals surface area (Å²) in [5.41, 5.74) is 2.42. The zero-order chi connectivity index (χ0) is 16.2. The molecule has 0 radical (unpaired) electrons. The lowest BCUT2D eigenvalue weighted by Gasteiger charge is -2.09. The molecule has 0 saturated heterocycles. The molecule has 1 aromatic heterocycles. The molecule has 0 aliphatic carbocycles. The van der Waals surface area contributed by atoms with Gasteiger partial charge in [-0.3, -0.25) is 4.79 Å². The highest BCUT2D eigenvalue weighted by molar-refractivity contribution is 6.30. The minimum absolute atomic E-state index is 0.0878. The zero-order valence-corrected chi connectivity index (χ0v) is 13.5. The average molecular weight is 330 g/mol. The maximum absolute atomic E-state index is 12.2. The quantitative estimate of drug-likeness (QED) is 0.666. The van der Waals surface area contributed by atoms with Gasteiger partial charge in [0.05, 0.1) is 12.1 Å². The number of nitrogens with zero attached hydrogens (tertiary/aromatic N) is 3. The number of hydrogen-bond donors (Lipinski definition) is 0. The van der Waals surface area contributed by atoms with Crippen LogP contribution >= 0.6 is 11.6 Å². The number of aryl methyl sites for hydroxylation is 1. The number of halogens is 1. The molecular weight excluding hydrogens is 314 g/mol. The predicted octanol–water partition coefficient (Wildman–Crippen LogP) is 3.89. The van der Waals surface area contributed by atoms with E-state index < -0.39 is 0 Å². The molecule has 118 valence electrons. The monoisotopic (exact) mass is 329 g/mol. The summed E-state index contributed by atoms with van der Waals surface area (Å²) in [4.78, 5) is 12.2. The predicted molar refractivity (Wildman–Crippen MR) is 89.1 cm³/mol. The molecule has 0 atom stereocenters. The van der Waals surface area contributed by atoms with Crippen LogP contribution in [0.25, 0.3) is 11.0 Å². The molecule has 2 aromatic carbocycles. The molecule has 0 saturated carbocycles. The lowest BCUT2D eigenvalue weighted by atomic mass is 10.2. The highest BCUT2D eigenvalue weighted by atomic mass is 35.5.